The maximum absolute atomic E-state index is 12.0. The first kappa shape index (κ1) is 13.2. The van der Waals surface area contributed by atoms with Gasteiger partial charge in [-0.05, 0) is 27.2 Å². The number of amides is 1. The molecule has 0 bridgehead atoms. The van der Waals surface area contributed by atoms with E-state index in [2.05, 4.69) is 5.32 Å². The van der Waals surface area contributed by atoms with E-state index in [1.807, 2.05) is 20.8 Å². The van der Waals surface area contributed by atoms with Gasteiger partial charge in [-0.15, -0.1) is 0 Å². The van der Waals surface area contributed by atoms with E-state index in [0.717, 1.165) is 6.42 Å². The molecule has 0 spiro atoms. The van der Waals surface area contributed by atoms with Crippen LogP contribution in [0, 0.1) is 0 Å². The quantitative estimate of drug-likeness (QED) is 0.802. The third-order valence-corrected chi connectivity index (χ3v) is 2.37. The Hall–Kier alpha value is -0.840. The lowest BCUT2D eigenvalue weighted by Crippen LogP contribution is -2.38. The summed E-state index contributed by atoms with van der Waals surface area (Å²) in [5.74, 6) is 0. The fraction of sp³-hybridized carbons (Fsp3) is 0.909. The highest BCUT2D eigenvalue weighted by atomic mass is 19.1. The molecule has 1 atom stereocenters. The Morgan fingerprint density at radius 1 is 1.56 bits per heavy atom. The standard InChI is InChI=1S/C11H21FN2O2/c1-11(2,3)16-10(15)14-7-4-9(8-14)13-6-5-12/h9,13H,4-8H2,1-3H3. The van der Waals surface area contributed by atoms with Gasteiger partial charge >= 0.3 is 6.09 Å². The number of hydrogen-bond acceptors (Lipinski definition) is 3. The lowest BCUT2D eigenvalue weighted by molar-refractivity contribution is 0.0291. The molecule has 1 rings (SSSR count). The van der Waals surface area contributed by atoms with Crippen LogP contribution in [0.25, 0.3) is 0 Å². The van der Waals surface area contributed by atoms with E-state index in [0.29, 0.717) is 19.6 Å². The number of alkyl halides is 1. The SMILES string of the molecule is CC(C)(C)OC(=O)N1CCC(NCCF)C1. The second-order valence-electron chi connectivity index (χ2n) is 5.06. The Morgan fingerprint density at radius 3 is 2.81 bits per heavy atom. The molecular formula is C11H21FN2O2. The van der Waals surface area contributed by atoms with Crippen LogP contribution in [0.15, 0.2) is 0 Å². The van der Waals surface area contributed by atoms with Gasteiger partial charge < -0.3 is 15.0 Å². The van der Waals surface area contributed by atoms with Gasteiger partial charge in [-0.2, -0.15) is 0 Å². The number of nitrogens with one attached hydrogen (secondary N) is 1. The number of halogens is 1. The fourth-order valence-corrected chi connectivity index (χ4v) is 1.68. The third kappa shape index (κ3) is 4.35. The average Bonchev–Trinajstić information content (AvgIpc) is 2.60. The first-order valence-corrected chi connectivity index (χ1v) is 5.69. The van der Waals surface area contributed by atoms with Crippen LogP contribution in [0.5, 0.6) is 0 Å². The summed E-state index contributed by atoms with van der Waals surface area (Å²) in [5, 5.41) is 3.05. The Balaban J connectivity index is 2.32. The molecule has 0 saturated carbocycles. The predicted octanol–water partition coefficient (Wildman–Crippen LogP) is 1.55. The van der Waals surface area contributed by atoms with Crippen molar-refractivity contribution in [3.8, 4) is 0 Å². The lowest BCUT2D eigenvalue weighted by atomic mass is 10.2. The maximum atomic E-state index is 12.0. The highest BCUT2D eigenvalue weighted by molar-refractivity contribution is 5.68. The van der Waals surface area contributed by atoms with E-state index >= 15 is 0 Å². The van der Waals surface area contributed by atoms with Gasteiger partial charge in [0.15, 0.2) is 0 Å². The van der Waals surface area contributed by atoms with Crippen molar-refractivity contribution in [3.05, 3.63) is 0 Å². The van der Waals surface area contributed by atoms with Gasteiger partial charge in [0.05, 0.1) is 0 Å². The molecule has 1 saturated heterocycles. The van der Waals surface area contributed by atoms with Gasteiger partial charge in [0, 0.05) is 25.7 Å². The molecule has 1 amide bonds. The van der Waals surface area contributed by atoms with Crippen LogP contribution in [-0.4, -0.2) is 48.9 Å². The summed E-state index contributed by atoms with van der Waals surface area (Å²) < 4.78 is 17.2. The van der Waals surface area contributed by atoms with Crippen LogP contribution in [0.1, 0.15) is 27.2 Å². The van der Waals surface area contributed by atoms with Gasteiger partial charge in [-0.25, -0.2) is 9.18 Å². The highest BCUT2D eigenvalue weighted by Gasteiger charge is 2.29. The summed E-state index contributed by atoms with van der Waals surface area (Å²) in [5.41, 5.74) is -0.457. The van der Waals surface area contributed by atoms with Crippen molar-refractivity contribution in [1.29, 1.82) is 0 Å². The first-order chi connectivity index (χ1) is 7.42. The lowest BCUT2D eigenvalue weighted by Gasteiger charge is -2.24. The van der Waals surface area contributed by atoms with E-state index in [9.17, 15) is 9.18 Å². The molecule has 4 nitrogen and oxygen atoms in total. The molecule has 94 valence electrons. The molecule has 0 aromatic heterocycles. The number of likely N-dealkylation sites (tertiary alicyclic amines) is 1. The molecule has 1 N–H and O–H groups in total. The zero-order valence-corrected chi connectivity index (χ0v) is 10.3. The molecule has 1 aliphatic rings. The Morgan fingerprint density at radius 2 is 2.25 bits per heavy atom. The number of nitrogens with zero attached hydrogens (tertiary/aromatic N) is 1. The summed E-state index contributed by atoms with van der Waals surface area (Å²) in [7, 11) is 0. The molecule has 0 aromatic carbocycles. The van der Waals surface area contributed by atoms with Crippen molar-refractivity contribution >= 4 is 6.09 Å². The van der Waals surface area contributed by atoms with Gasteiger partial charge in [0.2, 0.25) is 0 Å². The van der Waals surface area contributed by atoms with E-state index in [-0.39, 0.29) is 18.8 Å². The van der Waals surface area contributed by atoms with Crippen LogP contribution in [0.4, 0.5) is 9.18 Å². The van der Waals surface area contributed by atoms with Crippen molar-refractivity contribution in [2.75, 3.05) is 26.3 Å². The zero-order valence-electron chi connectivity index (χ0n) is 10.3. The molecule has 5 heteroatoms. The number of ether oxygens (including phenoxy) is 1. The Labute approximate surface area is 96.1 Å². The average molecular weight is 232 g/mol. The summed E-state index contributed by atoms with van der Waals surface area (Å²) in [6, 6.07) is 0.197. The van der Waals surface area contributed by atoms with E-state index in [1.165, 1.54) is 0 Å². The van der Waals surface area contributed by atoms with E-state index in [4.69, 9.17) is 4.74 Å². The second kappa shape index (κ2) is 5.48. The topological polar surface area (TPSA) is 41.6 Å². The Kier molecular flexibility index (Phi) is 4.53. The van der Waals surface area contributed by atoms with Gasteiger partial charge in [-0.1, -0.05) is 0 Å². The second-order valence-corrected chi connectivity index (χ2v) is 5.06. The van der Waals surface area contributed by atoms with E-state index in [1.54, 1.807) is 4.90 Å². The number of carbonyl (C=O) groups is 1. The molecule has 0 aromatic rings. The molecule has 0 radical (unpaired) electrons. The minimum Gasteiger partial charge on any atom is -0.444 e. The van der Waals surface area contributed by atoms with Crippen molar-refractivity contribution in [1.82, 2.24) is 10.2 Å². The smallest absolute Gasteiger partial charge is 0.410 e. The molecule has 1 aliphatic heterocycles. The highest BCUT2D eigenvalue weighted by Crippen LogP contribution is 2.15. The van der Waals surface area contributed by atoms with E-state index < -0.39 is 5.60 Å². The number of hydrogen-bond donors (Lipinski definition) is 1. The largest absolute Gasteiger partial charge is 0.444 e. The fourth-order valence-electron chi connectivity index (χ4n) is 1.68. The minimum absolute atomic E-state index is 0.197. The van der Waals surface area contributed by atoms with Crippen LogP contribution < -0.4 is 5.32 Å². The van der Waals surface area contributed by atoms with Crippen LogP contribution >= 0.6 is 0 Å². The number of carbonyl (C=O) groups excluding carboxylic acids is 1. The monoisotopic (exact) mass is 232 g/mol. The van der Waals surface area contributed by atoms with Gasteiger partial charge in [0.1, 0.15) is 12.3 Å². The summed E-state index contributed by atoms with van der Waals surface area (Å²) >= 11 is 0. The molecular weight excluding hydrogens is 211 g/mol. The Bertz CT molecular complexity index is 241. The van der Waals surface area contributed by atoms with Crippen molar-refractivity contribution in [3.63, 3.8) is 0 Å². The summed E-state index contributed by atoms with van der Waals surface area (Å²) in [6.07, 6.45) is 0.580. The van der Waals surface area contributed by atoms with Crippen LogP contribution in [0.3, 0.4) is 0 Å². The summed E-state index contributed by atoms with van der Waals surface area (Å²) in [6.45, 7) is 6.81. The minimum atomic E-state index is -0.457. The maximum Gasteiger partial charge on any atom is 0.410 e. The molecule has 16 heavy (non-hydrogen) atoms. The first-order valence-electron chi connectivity index (χ1n) is 5.69. The van der Waals surface area contributed by atoms with Crippen LogP contribution in [-0.2, 0) is 4.74 Å². The van der Waals surface area contributed by atoms with Crippen molar-refractivity contribution in [2.24, 2.45) is 0 Å². The van der Waals surface area contributed by atoms with Crippen molar-refractivity contribution < 1.29 is 13.9 Å². The van der Waals surface area contributed by atoms with Gasteiger partial charge in [-0.3, -0.25) is 0 Å². The third-order valence-electron chi connectivity index (χ3n) is 2.37. The van der Waals surface area contributed by atoms with Gasteiger partial charge in [0.25, 0.3) is 0 Å². The summed E-state index contributed by atoms with van der Waals surface area (Å²) in [4.78, 5) is 13.3. The molecule has 0 aliphatic carbocycles. The number of rotatable bonds is 3. The molecule has 1 unspecified atom stereocenters. The van der Waals surface area contributed by atoms with Crippen LogP contribution in [0.2, 0.25) is 0 Å². The predicted molar refractivity (Wildman–Crippen MR) is 60.2 cm³/mol. The molecule has 1 heterocycles. The molecule has 1 fully saturated rings. The van der Waals surface area contributed by atoms with Crippen molar-refractivity contribution in [2.45, 2.75) is 38.8 Å². The normalized spacial score (nSPS) is 21.2. The zero-order chi connectivity index (χ0) is 12.2.